The Bertz CT molecular complexity index is 252. The fourth-order valence-corrected chi connectivity index (χ4v) is 1.53. The molecule has 0 aromatic rings. The molecule has 0 atom stereocenters. The average Bonchev–Trinajstić information content (AvgIpc) is 2.14. The number of carbonyl (C=O) groups is 2. The van der Waals surface area contributed by atoms with Crippen LogP contribution in [0.2, 0.25) is 0 Å². The van der Waals surface area contributed by atoms with Gasteiger partial charge >= 0.3 is 5.97 Å². The largest absolute Gasteiger partial charge is 0.465 e. The van der Waals surface area contributed by atoms with Crippen molar-refractivity contribution < 1.29 is 14.3 Å². The molecule has 1 fully saturated rings. The van der Waals surface area contributed by atoms with E-state index < -0.39 is 0 Å². The first-order valence-corrected chi connectivity index (χ1v) is 5.83. The SMILES string of the molecule is CCOC(=O)CN(CC)CC(=O)N1CCC1. The zero-order valence-corrected chi connectivity index (χ0v) is 10.1. The van der Waals surface area contributed by atoms with Crippen LogP contribution < -0.4 is 0 Å². The summed E-state index contributed by atoms with van der Waals surface area (Å²) in [6.45, 7) is 7.00. The van der Waals surface area contributed by atoms with Gasteiger partial charge < -0.3 is 9.64 Å². The van der Waals surface area contributed by atoms with Crippen molar-refractivity contribution in [2.45, 2.75) is 20.3 Å². The smallest absolute Gasteiger partial charge is 0.320 e. The Morgan fingerprint density at radius 3 is 2.38 bits per heavy atom. The van der Waals surface area contributed by atoms with Crippen molar-refractivity contribution in [1.82, 2.24) is 9.80 Å². The van der Waals surface area contributed by atoms with Gasteiger partial charge in [0, 0.05) is 13.1 Å². The number of amides is 1. The van der Waals surface area contributed by atoms with Crippen molar-refractivity contribution in [3.05, 3.63) is 0 Å². The fraction of sp³-hybridized carbons (Fsp3) is 0.818. The fourth-order valence-electron chi connectivity index (χ4n) is 1.53. The van der Waals surface area contributed by atoms with Crippen LogP contribution in [0.4, 0.5) is 0 Å². The predicted molar refractivity (Wildman–Crippen MR) is 59.9 cm³/mol. The molecule has 1 aliphatic heterocycles. The van der Waals surface area contributed by atoms with Crippen molar-refractivity contribution in [1.29, 1.82) is 0 Å². The van der Waals surface area contributed by atoms with Crippen LogP contribution in [-0.4, -0.2) is 61.0 Å². The molecule has 0 aromatic heterocycles. The van der Waals surface area contributed by atoms with Crippen LogP contribution in [-0.2, 0) is 14.3 Å². The molecule has 0 aromatic carbocycles. The summed E-state index contributed by atoms with van der Waals surface area (Å²) in [5.74, 6) is -0.154. The lowest BCUT2D eigenvalue weighted by atomic mass is 10.2. The lowest BCUT2D eigenvalue weighted by Gasteiger charge is -2.32. The van der Waals surface area contributed by atoms with E-state index in [4.69, 9.17) is 4.74 Å². The molecule has 0 saturated carbocycles. The van der Waals surface area contributed by atoms with E-state index in [9.17, 15) is 9.59 Å². The number of hydrogen-bond donors (Lipinski definition) is 0. The monoisotopic (exact) mass is 228 g/mol. The van der Waals surface area contributed by atoms with E-state index in [0.717, 1.165) is 19.5 Å². The van der Waals surface area contributed by atoms with Crippen molar-refractivity contribution in [3.63, 3.8) is 0 Å². The van der Waals surface area contributed by atoms with Crippen LogP contribution in [0.15, 0.2) is 0 Å². The molecule has 1 heterocycles. The summed E-state index contributed by atoms with van der Waals surface area (Å²) in [5, 5.41) is 0. The molecular formula is C11H20N2O3. The van der Waals surface area contributed by atoms with Gasteiger partial charge in [0.1, 0.15) is 0 Å². The minimum absolute atomic E-state index is 0.109. The Morgan fingerprint density at radius 2 is 1.94 bits per heavy atom. The molecule has 5 heteroatoms. The van der Waals surface area contributed by atoms with E-state index in [1.165, 1.54) is 0 Å². The Labute approximate surface area is 96.3 Å². The molecule has 0 bridgehead atoms. The number of rotatable bonds is 6. The molecule has 16 heavy (non-hydrogen) atoms. The highest BCUT2D eigenvalue weighted by Crippen LogP contribution is 2.06. The maximum atomic E-state index is 11.7. The van der Waals surface area contributed by atoms with Crippen LogP contribution in [0.3, 0.4) is 0 Å². The standard InChI is InChI=1S/C11H20N2O3/c1-3-12(9-11(15)16-4-2)8-10(14)13-6-5-7-13/h3-9H2,1-2H3. The van der Waals surface area contributed by atoms with Gasteiger partial charge in [-0.1, -0.05) is 6.92 Å². The molecular weight excluding hydrogens is 208 g/mol. The van der Waals surface area contributed by atoms with Crippen LogP contribution >= 0.6 is 0 Å². The summed E-state index contributed by atoms with van der Waals surface area (Å²) in [5.41, 5.74) is 0. The van der Waals surface area contributed by atoms with Crippen molar-refractivity contribution in [2.24, 2.45) is 0 Å². The number of carbonyl (C=O) groups excluding carboxylic acids is 2. The predicted octanol–water partition coefficient (Wildman–Crippen LogP) is 0.104. The molecule has 0 aliphatic carbocycles. The Balaban J connectivity index is 2.29. The van der Waals surface area contributed by atoms with Crippen LogP contribution in [0.5, 0.6) is 0 Å². The molecule has 1 amide bonds. The molecule has 92 valence electrons. The average molecular weight is 228 g/mol. The van der Waals surface area contributed by atoms with Gasteiger partial charge in [0.05, 0.1) is 19.7 Å². The zero-order chi connectivity index (χ0) is 12.0. The molecule has 0 radical (unpaired) electrons. The minimum atomic E-state index is -0.263. The maximum absolute atomic E-state index is 11.7. The van der Waals surface area contributed by atoms with E-state index in [2.05, 4.69) is 0 Å². The highest BCUT2D eigenvalue weighted by atomic mass is 16.5. The van der Waals surface area contributed by atoms with E-state index >= 15 is 0 Å². The third kappa shape index (κ3) is 3.81. The van der Waals surface area contributed by atoms with Gasteiger partial charge in [0.2, 0.25) is 5.91 Å². The first kappa shape index (κ1) is 13.0. The molecule has 1 aliphatic rings. The second-order valence-corrected chi connectivity index (χ2v) is 3.84. The number of ether oxygens (including phenoxy) is 1. The van der Waals surface area contributed by atoms with Gasteiger partial charge in [-0.25, -0.2) is 0 Å². The quantitative estimate of drug-likeness (QED) is 0.605. The van der Waals surface area contributed by atoms with Crippen molar-refractivity contribution in [2.75, 3.05) is 39.3 Å². The van der Waals surface area contributed by atoms with E-state index in [1.54, 1.807) is 11.8 Å². The number of esters is 1. The molecule has 1 rings (SSSR count). The van der Waals surface area contributed by atoms with E-state index in [0.29, 0.717) is 19.7 Å². The third-order valence-electron chi connectivity index (χ3n) is 2.67. The van der Waals surface area contributed by atoms with Gasteiger partial charge in [-0.2, -0.15) is 0 Å². The van der Waals surface area contributed by atoms with E-state index in [-0.39, 0.29) is 18.4 Å². The van der Waals surface area contributed by atoms with Crippen LogP contribution in [0.1, 0.15) is 20.3 Å². The highest BCUT2D eigenvalue weighted by Gasteiger charge is 2.22. The number of likely N-dealkylation sites (tertiary alicyclic amines) is 1. The van der Waals surface area contributed by atoms with Crippen LogP contribution in [0.25, 0.3) is 0 Å². The van der Waals surface area contributed by atoms with Gasteiger partial charge in [-0.15, -0.1) is 0 Å². The second-order valence-electron chi connectivity index (χ2n) is 3.84. The topological polar surface area (TPSA) is 49.9 Å². The van der Waals surface area contributed by atoms with Gasteiger partial charge in [0.25, 0.3) is 0 Å². The van der Waals surface area contributed by atoms with Crippen molar-refractivity contribution in [3.8, 4) is 0 Å². The molecule has 5 nitrogen and oxygen atoms in total. The molecule has 0 unspecified atom stereocenters. The number of likely N-dealkylation sites (N-methyl/N-ethyl adjacent to an activating group) is 1. The Morgan fingerprint density at radius 1 is 1.25 bits per heavy atom. The summed E-state index contributed by atoms with van der Waals surface area (Å²) >= 11 is 0. The minimum Gasteiger partial charge on any atom is -0.465 e. The molecule has 0 N–H and O–H groups in total. The summed E-state index contributed by atoms with van der Waals surface area (Å²) < 4.78 is 4.85. The molecule has 1 saturated heterocycles. The summed E-state index contributed by atoms with van der Waals surface area (Å²) in [6.07, 6.45) is 1.09. The second kappa shape index (κ2) is 6.48. The van der Waals surface area contributed by atoms with Crippen LogP contribution in [0, 0.1) is 0 Å². The first-order chi connectivity index (χ1) is 7.67. The van der Waals surface area contributed by atoms with Gasteiger partial charge in [-0.05, 0) is 19.9 Å². The third-order valence-corrected chi connectivity index (χ3v) is 2.67. The Hall–Kier alpha value is -1.10. The van der Waals surface area contributed by atoms with Gasteiger partial charge in [-0.3, -0.25) is 14.5 Å². The zero-order valence-electron chi connectivity index (χ0n) is 10.1. The first-order valence-electron chi connectivity index (χ1n) is 5.83. The number of hydrogen-bond acceptors (Lipinski definition) is 4. The summed E-state index contributed by atoms with van der Waals surface area (Å²) in [4.78, 5) is 26.5. The normalized spacial score (nSPS) is 14.8. The molecule has 0 spiro atoms. The maximum Gasteiger partial charge on any atom is 0.320 e. The number of nitrogens with zero attached hydrogens (tertiary/aromatic N) is 2. The highest BCUT2D eigenvalue weighted by molar-refractivity contribution is 5.80. The summed E-state index contributed by atoms with van der Waals surface area (Å²) in [6, 6.07) is 0. The van der Waals surface area contributed by atoms with E-state index in [1.807, 2.05) is 11.8 Å². The lowest BCUT2D eigenvalue weighted by molar-refractivity contribution is -0.145. The lowest BCUT2D eigenvalue weighted by Crippen LogP contribution is -2.48. The van der Waals surface area contributed by atoms with Crippen molar-refractivity contribution >= 4 is 11.9 Å². The van der Waals surface area contributed by atoms with Gasteiger partial charge in [0.15, 0.2) is 0 Å². The summed E-state index contributed by atoms with van der Waals surface area (Å²) in [7, 11) is 0. The Kier molecular flexibility index (Phi) is 5.25.